The minimum Gasteiger partial charge on any atom is -0.543 e. The summed E-state index contributed by atoms with van der Waals surface area (Å²) in [4.78, 5) is 0. The minimum atomic E-state index is -2.01. The lowest BCUT2D eigenvalue weighted by Crippen LogP contribution is -2.45. The molecule has 0 amide bonds. The van der Waals surface area contributed by atoms with Crippen LogP contribution >= 0.6 is 15.9 Å². The Hall–Kier alpha value is -0.783. The van der Waals surface area contributed by atoms with E-state index in [0.717, 1.165) is 46.4 Å². The van der Waals surface area contributed by atoms with Gasteiger partial charge < -0.3 is 14.3 Å². The highest BCUT2D eigenvalue weighted by atomic mass is 79.9. The SMILES string of the molecule is C=C1[C@@H](Cc2cc(OC)c(Br)cc2O[Si](C)(C)C(C)(C)C)C(C)(C)CC[C@@]1(C)O. The molecule has 1 aliphatic carbocycles. The van der Waals surface area contributed by atoms with Crippen LogP contribution in [0.15, 0.2) is 28.8 Å². The molecule has 0 heterocycles. The Kier molecular flexibility index (Phi) is 6.79. The lowest BCUT2D eigenvalue weighted by atomic mass is 9.60. The maximum absolute atomic E-state index is 10.9. The largest absolute Gasteiger partial charge is 0.543 e. The normalized spacial score (nSPS) is 25.1. The predicted molar refractivity (Wildman–Crippen MR) is 128 cm³/mol. The average molecular weight is 484 g/mol. The summed E-state index contributed by atoms with van der Waals surface area (Å²) in [7, 11) is -0.321. The second kappa shape index (κ2) is 8.05. The quantitative estimate of drug-likeness (QED) is 0.358. The van der Waals surface area contributed by atoms with Crippen molar-refractivity contribution in [2.75, 3.05) is 7.11 Å². The van der Waals surface area contributed by atoms with Crippen molar-refractivity contribution in [2.45, 2.75) is 84.5 Å². The molecule has 0 bridgehead atoms. The number of rotatable bonds is 5. The Morgan fingerprint density at radius 3 is 2.28 bits per heavy atom. The van der Waals surface area contributed by atoms with Crippen LogP contribution in [0.1, 0.15) is 59.9 Å². The molecule has 1 aromatic carbocycles. The smallest absolute Gasteiger partial charge is 0.250 e. The van der Waals surface area contributed by atoms with Crippen molar-refractivity contribution < 1.29 is 14.3 Å². The van der Waals surface area contributed by atoms with E-state index in [1.807, 2.05) is 13.0 Å². The summed E-state index contributed by atoms with van der Waals surface area (Å²) < 4.78 is 13.2. The van der Waals surface area contributed by atoms with Crippen LogP contribution in [0, 0.1) is 11.3 Å². The molecule has 2 rings (SSSR count). The molecule has 0 aromatic heterocycles. The van der Waals surface area contributed by atoms with Gasteiger partial charge in [0, 0.05) is 0 Å². The molecule has 1 saturated carbocycles. The van der Waals surface area contributed by atoms with E-state index in [4.69, 9.17) is 9.16 Å². The molecule has 0 saturated heterocycles. The Balaban J connectivity index is 2.51. The topological polar surface area (TPSA) is 38.7 Å². The third-order valence-electron chi connectivity index (χ3n) is 7.24. The van der Waals surface area contributed by atoms with Crippen molar-refractivity contribution in [1.29, 1.82) is 0 Å². The molecule has 29 heavy (non-hydrogen) atoms. The molecule has 3 nitrogen and oxygen atoms in total. The van der Waals surface area contributed by atoms with Crippen LogP contribution in [0.25, 0.3) is 0 Å². The van der Waals surface area contributed by atoms with E-state index >= 15 is 0 Å². The first kappa shape index (κ1) is 24.5. The summed E-state index contributed by atoms with van der Waals surface area (Å²) in [5.74, 6) is 1.88. The van der Waals surface area contributed by atoms with Crippen LogP contribution in [0.5, 0.6) is 11.5 Å². The zero-order valence-corrected chi connectivity index (χ0v) is 22.3. The summed E-state index contributed by atoms with van der Waals surface area (Å²) >= 11 is 3.63. The molecule has 0 radical (unpaired) electrons. The Bertz CT molecular complexity index is 775. The van der Waals surface area contributed by atoms with Gasteiger partial charge in [0.1, 0.15) is 11.5 Å². The van der Waals surface area contributed by atoms with Crippen molar-refractivity contribution >= 4 is 24.2 Å². The molecule has 0 spiro atoms. The minimum absolute atomic E-state index is 0.0634. The van der Waals surface area contributed by atoms with Gasteiger partial charge in [0.2, 0.25) is 8.32 Å². The highest BCUT2D eigenvalue weighted by Gasteiger charge is 2.45. The van der Waals surface area contributed by atoms with Crippen molar-refractivity contribution in [2.24, 2.45) is 11.3 Å². The zero-order valence-electron chi connectivity index (χ0n) is 19.7. The molecule has 1 aromatic rings. The maximum Gasteiger partial charge on any atom is 0.250 e. The lowest BCUT2D eigenvalue weighted by molar-refractivity contribution is 0.0127. The van der Waals surface area contributed by atoms with Gasteiger partial charge in [-0.2, -0.15) is 0 Å². The molecule has 0 aliphatic heterocycles. The van der Waals surface area contributed by atoms with Gasteiger partial charge in [-0.1, -0.05) is 41.2 Å². The van der Waals surface area contributed by atoms with Gasteiger partial charge in [0.05, 0.1) is 17.2 Å². The van der Waals surface area contributed by atoms with Crippen LogP contribution in [0.4, 0.5) is 0 Å². The highest BCUT2D eigenvalue weighted by Crippen LogP contribution is 2.50. The third kappa shape index (κ3) is 5.11. The Labute approximate surface area is 187 Å². The van der Waals surface area contributed by atoms with Crippen LogP contribution in [0.2, 0.25) is 18.1 Å². The second-order valence-corrected chi connectivity index (χ2v) is 16.6. The Morgan fingerprint density at radius 1 is 1.17 bits per heavy atom. The highest BCUT2D eigenvalue weighted by molar-refractivity contribution is 9.10. The maximum atomic E-state index is 10.9. The van der Waals surface area contributed by atoms with E-state index in [-0.39, 0.29) is 16.4 Å². The second-order valence-electron chi connectivity index (χ2n) is 11.0. The van der Waals surface area contributed by atoms with Crippen LogP contribution in [0.3, 0.4) is 0 Å². The fourth-order valence-electron chi connectivity index (χ4n) is 3.78. The van der Waals surface area contributed by atoms with E-state index in [2.05, 4.69) is 76.3 Å². The van der Waals surface area contributed by atoms with Crippen LogP contribution in [-0.4, -0.2) is 26.1 Å². The number of ether oxygens (including phenoxy) is 1. The van der Waals surface area contributed by atoms with E-state index in [1.54, 1.807) is 7.11 Å². The molecule has 0 unspecified atom stereocenters. The molecule has 164 valence electrons. The summed E-state index contributed by atoms with van der Waals surface area (Å²) in [6.45, 7) is 22.1. The fourth-order valence-corrected chi connectivity index (χ4v) is 5.31. The first-order valence-corrected chi connectivity index (χ1v) is 14.2. The predicted octanol–water partition coefficient (Wildman–Crippen LogP) is 7.13. The molecular formula is C24H39BrO3Si. The van der Waals surface area contributed by atoms with Crippen LogP contribution in [-0.2, 0) is 6.42 Å². The van der Waals surface area contributed by atoms with Crippen molar-refractivity contribution in [3.05, 3.63) is 34.3 Å². The van der Waals surface area contributed by atoms with Gasteiger partial charge >= 0.3 is 0 Å². The molecule has 1 aliphatic rings. The molecule has 1 N–H and O–H groups in total. The number of aliphatic hydroxyl groups is 1. The lowest BCUT2D eigenvalue weighted by Gasteiger charge is -2.47. The standard InChI is InChI=1S/C24H39BrO3Si/c1-16-18(23(5,6)11-12-24(16,7)26)13-17-14-21(27-8)19(25)15-20(17)28-29(9,10)22(2,3)4/h14-15,18,26H,1,11-13H2,2-10H3/t18-,24-/m1/s1. The number of methoxy groups -OCH3 is 1. The van der Waals surface area contributed by atoms with Crippen molar-refractivity contribution in [1.82, 2.24) is 0 Å². The van der Waals surface area contributed by atoms with Gasteiger partial charge in [-0.05, 0) is 94.9 Å². The fraction of sp³-hybridized carbons (Fsp3) is 0.667. The average Bonchev–Trinajstić information content (AvgIpc) is 2.56. The molecular weight excluding hydrogens is 444 g/mol. The van der Waals surface area contributed by atoms with E-state index in [1.165, 1.54) is 0 Å². The van der Waals surface area contributed by atoms with E-state index < -0.39 is 13.9 Å². The van der Waals surface area contributed by atoms with Gasteiger partial charge in [-0.15, -0.1) is 0 Å². The number of benzene rings is 1. The van der Waals surface area contributed by atoms with E-state index in [0.29, 0.717) is 0 Å². The first-order chi connectivity index (χ1) is 13.0. The summed E-state index contributed by atoms with van der Waals surface area (Å²) in [6.07, 6.45) is 2.50. The Morgan fingerprint density at radius 2 is 1.76 bits per heavy atom. The number of halogens is 1. The summed E-state index contributed by atoms with van der Waals surface area (Å²) in [6, 6.07) is 4.13. The number of hydrogen-bond acceptors (Lipinski definition) is 3. The van der Waals surface area contributed by atoms with Crippen LogP contribution < -0.4 is 9.16 Å². The first-order valence-electron chi connectivity index (χ1n) is 10.5. The molecule has 5 heteroatoms. The zero-order chi connectivity index (χ0) is 22.4. The van der Waals surface area contributed by atoms with Crippen molar-refractivity contribution in [3.63, 3.8) is 0 Å². The van der Waals surface area contributed by atoms with Gasteiger partial charge in [0.15, 0.2) is 0 Å². The summed E-state index contributed by atoms with van der Waals surface area (Å²) in [5.41, 5.74) is 1.29. The number of hydrogen-bond donors (Lipinski definition) is 1. The monoisotopic (exact) mass is 482 g/mol. The third-order valence-corrected chi connectivity index (χ3v) is 12.2. The van der Waals surface area contributed by atoms with Gasteiger partial charge in [-0.3, -0.25) is 0 Å². The molecule has 1 fully saturated rings. The summed E-state index contributed by atoms with van der Waals surface area (Å²) in [5, 5.41) is 11.0. The van der Waals surface area contributed by atoms with Gasteiger partial charge in [-0.25, -0.2) is 0 Å². The molecule has 2 atom stereocenters. The van der Waals surface area contributed by atoms with E-state index in [9.17, 15) is 5.11 Å². The van der Waals surface area contributed by atoms with Gasteiger partial charge in [0.25, 0.3) is 0 Å². The van der Waals surface area contributed by atoms with Crippen molar-refractivity contribution in [3.8, 4) is 11.5 Å².